The van der Waals surface area contributed by atoms with E-state index in [-0.39, 0.29) is 11.0 Å². The zero-order valence-electron chi connectivity index (χ0n) is 8.82. The molecule has 0 N–H and O–H groups in total. The number of hydrogen-bond acceptors (Lipinski definition) is 1. The molecule has 0 atom stereocenters. The predicted molar refractivity (Wildman–Crippen MR) is 49.8 cm³/mol. The van der Waals surface area contributed by atoms with Gasteiger partial charge in [0.15, 0.2) is 0 Å². The standard InChI is InChI=1S/C10H22O/c1-7-10(5,6)11-8-9(2,3)4/h7-8H2,1-6H3. The smallest absolute Gasteiger partial charge is 0.0624 e. The molecule has 0 amide bonds. The predicted octanol–water partition coefficient (Wildman–Crippen LogP) is 3.24. The third-order valence-corrected chi connectivity index (χ3v) is 1.75. The van der Waals surface area contributed by atoms with Crippen LogP contribution in [0.3, 0.4) is 0 Å². The van der Waals surface area contributed by atoms with Gasteiger partial charge in [-0.1, -0.05) is 27.7 Å². The van der Waals surface area contributed by atoms with Crippen molar-refractivity contribution in [3.05, 3.63) is 0 Å². The van der Waals surface area contributed by atoms with Crippen LogP contribution in [0.15, 0.2) is 0 Å². The van der Waals surface area contributed by atoms with E-state index in [9.17, 15) is 0 Å². The first-order chi connectivity index (χ1) is 4.77. The van der Waals surface area contributed by atoms with Crippen molar-refractivity contribution in [3.8, 4) is 0 Å². The van der Waals surface area contributed by atoms with Crippen LogP contribution in [0, 0.1) is 5.41 Å². The molecule has 0 aliphatic heterocycles. The Kier molecular flexibility index (Phi) is 3.56. The second kappa shape index (κ2) is 3.57. The fraction of sp³-hybridized carbons (Fsp3) is 1.00. The highest BCUT2D eigenvalue weighted by atomic mass is 16.5. The van der Waals surface area contributed by atoms with E-state index >= 15 is 0 Å². The van der Waals surface area contributed by atoms with Crippen molar-refractivity contribution < 1.29 is 4.74 Å². The van der Waals surface area contributed by atoms with Crippen molar-refractivity contribution in [2.45, 2.75) is 53.6 Å². The maximum absolute atomic E-state index is 5.74. The minimum atomic E-state index is 0.0489. The largest absolute Gasteiger partial charge is 0.375 e. The number of rotatable bonds is 3. The molecule has 0 aromatic rings. The molecule has 1 nitrogen and oxygen atoms in total. The lowest BCUT2D eigenvalue weighted by atomic mass is 9.97. The van der Waals surface area contributed by atoms with Crippen molar-refractivity contribution in [2.75, 3.05) is 6.61 Å². The summed E-state index contributed by atoms with van der Waals surface area (Å²) in [5.41, 5.74) is 0.333. The molecule has 0 aromatic heterocycles. The van der Waals surface area contributed by atoms with Gasteiger partial charge in [0.2, 0.25) is 0 Å². The average molecular weight is 158 g/mol. The molecule has 0 aliphatic carbocycles. The summed E-state index contributed by atoms with van der Waals surface area (Å²) in [6, 6.07) is 0. The zero-order chi connectivity index (χ0) is 9.12. The number of ether oxygens (including phenoxy) is 1. The van der Waals surface area contributed by atoms with Crippen molar-refractivity contribution in [3.63, 3.8) is 0 Å². The Morgan fingerprint density at radius 3 is 1.73 bits per heavy atom. The van der Waals surface area contributed by atoms with Crippen LogP contribution >= 0.6 is 0 Å². The van der Waals surface area contributed by atoms with Gasteiger partial charge in [0, 0.05) is 0 Å². The van der Waals surface area contributed by atoms with E-state index < -0.39 is 0 Å². The van der Waals surface area contributed by atoms with Crippen LogP contribution in [-0.4, -0.2) is 12.2 Å². The SMILES string of the molecule is CCC(C)(C)OCC(C)(C)C. The molecule has 0 fully saturated rings. The van der Waals surface area contributed by atoms with Gasteiger partial charge in [0.25, 0.3) is 0 Å². The fourth-order valence-corrected chi connectivity index (χ4v) is 0.514. The van der Waals surface area contributed by atoms with Crippen LogP contribution in [-0.2, 0) is 4.74 Å². The zero-order valence-corrected chi connectivity index (χ0v) is 8.82. The maximum Gasteiger partial charge on any atom is 0.0624 e. The molecule has 11 heavy (non-hydrogen) atoms. The van der Waals surface area contributed by atoms with Crippen molar-refractivity contribution in [2.24, 2.45) is 5.41 Å². The molecule has 0 unspecified atom stereocenters. The highest BCUT2D eigenvalue weighted by molar-refractivity contribution is 4.68. The second-order valence-corrected chi connectivity index (χ2v) is 4.96. The van der Waals surface area contributed by atoms with E-state index in [1.54, 1.807) is 0 Å². The van der Waals surface area contributed by atoms with E-state index in [0.717, 1.165) is 13.0 Å². The van der Waals surface area contributed by atoms with Crippen molar-refractivity contribution in [1.82, 2.24) is 0 Å². The van der Waals surface area contributed by atoms with Gasteiger partial charge in [-0.3, -0.25) is 0 Å². The average Bonchev–Trinajstić information content (AvgIpc) is 1.83. The molecule has 0 aromatic carbocycles. The first-order valence-electron chi connectivity index (χ1n) is 4.41. The molecule has 0 heterocycles. The van der Waals surface area contributed by atoms with Crippen LogP contribution in [0.4, 0.5) is 0 Å². The van der Waals surface area contributed by atoms with Gasteiger partial charge in [0.05, 0.1) is 12.2 Å². The topological polar surface area (TPSA) is 9.23 Å². The molecule has 0 rings (SSSR count). The Hall–Kier alpha value is -0.0400. The molecule has 68 valence electrons. The normalized spacial score (nSPS) is 13.6. The van der Waals surface area contributed by atoms with Gasteiger partial charge in [-0.2, -0.15) is 0 Å². The first kappa shape index (κ1) is 11.0. The molecule has 0 radical (unpaired) electrons. The summed E-state index contributed by atoms with van der Waals surface area (Å²) in [4.78, 5) is 0. The van der Waals surface area contributed by atoms with Gasteiger partial charge in [-0.15, -0.1) is 0 Å². The van der Waals surface area contributed by atoms with Gasteiger partial charge >= 0.3 is 0 Å². The molecular weight excluding hydrogens is 136 g/mol. The minimum absolute atomic E-state index is 0.0489. The van der Waals surface area contributed by atoms with Crippen molar-refractivity contribution in [1.29, 1.82) is 0 Å². The molecule has 1 heteroatoms. The van der Waals surface area contributed by atoms with E-state index in [4.69, 9.17) is 4.74 Å². The first-order valence-corrected chi connectivity index (χ1v) is 4.41. The Morgan fingerprint density at radius 1 is 1.00 bits per heavy atom. The fourth-order valence-electron chi connectivity index (χ4n) is 0.514. The van der Waals surface area contributed by atoms with Gasteiger partial charge in [0.1, 0.15) is 0 Å². The highest BCUT2D eigenvalue weighted by Gasteiger charge is 2.19. The molecule has 0 bridgehead atoms. The lowest BCUT2D eigenvalue weighted by molar-refractivity contribution is -0.0523. The summed E-state index contributed by atoms with van der Waals surface area (Å²) < 4.78 is 5.74. The molecule has 0 spiro atoms. The van der Waals surface area contributed by atoms with E-state index in [2.05, 4.69) is 41.5 Å². The lowest BCUT2D eigenvalue weighted by Gasteiger charge is -2.28. The summed E-state index contributed by atoms with van der Waals surface area (Å²) in [5, 5.41) is 0. The van der Waals surface area contributed by atoms with Gasteiger partial charge < -0.3 is 4.74 Å². The molecular formula is C10H22O. The van der Waals surface area contributed by atoms with E-state index in [1.165, 1.54) is 0 Å². The van der Waals surface area contributed by atoms with E-state index in [0.29, 0.717) is 0 Å². The summed E-state index contributed by atoms with van der Waals surface area (Å²) in [6.45, 7) is 13.9. The summed E-state index contributed by atoms with van der Waals surface area (Å²) in [6.07, 6.45) is 1.07. The highest BCUT2D eigenvalue weighted by Crippen LogP contribution is 2.20. The van der Waals surface area contributed by atoms with Crippen LogP contribution < -0.4 is 0 Å². The van der Waals surface area contributed by atoms with Crippen molar-refractivity contribution >= 4 is 0 Å². The Morgan fingerprint density at radius 2 is 1.45 bits per heavy atom. The number of hydrogen-bond donors (Lipinski definition) is 0. The molecule has 0 saturated heterocycles. The Labute approximate surface area is 71.1 Å². The summed E-state index contributed by atoms with van der Waals surface area (Å²) >= 11 is 0. The molecule has 0 saturated carbocycles. The minimum Gasteiger partial charge on any atom is -0.375 e. The van der Waals surface area contributed by atoms with Crippen LogP contribution in [0.2, 0.25) is 0 Å². The third kappa shape index (κ3) is 6.36. The second-order valence-electron chi connectivity index (χ2n) is 4.96. The van der Waals surface area contributed by atoms with E-state index in [1.807, 2.05) is 0 Å². The third-order valence-electron chi connectivity index (χ3n) is 1.75. The maximum atomic E-state index is 5.74. The quantitative estimate of drug-likeness (QED) is 0.612. The molecule has 0 aliphatic rings. The Balaban J connectivity index is 3.70. The summed E-state index contributed by atoms with van der Waals surface area (Å²) in [5.74, 6) is 0. The van der Waals surface area contributed by atoms with Crippen LogP contribution in [0.1, 0.15) is 48.0 Å². The van der Waals surface area contributed by atoms with Gasteiger partial charge in [-0.05, 0) is 25.7 Å². The van der Waals surface area contributed by atoms with Crippen LogP contribution in [0.5, 0.6) is 0 Å². The van der Waals surface area contributed by atoms with Gasteiger partial charge in [-0.25, -0.2) is 0 Å². The summed E-state index contributed by atoms with van der Waals surface area (Å²) in [7, 11) is 0. The Bertz CT molecular complexity index is 109. The monoisotopic (exact) mass is 158 g/mol. The van der Waals surface area contributed by atoms with Crippen LogP contribution in [0.25, 0.3) is 0 Å². The lowest BCUT2D eigenvalue weighted by Crippen LogP contribution is -2.28.